The minimum Gasteiger partial charge on any atom is -0.324 e. The molecule has 1 aliphatic rings. The van der Waals surface area contributed by atoms with Crippen LogP contribution in [0.15, 0.2) is 48.5 Å². The van der Waals surface area contributed by atoms with Crippen molar-refractivity contribution in [3.8, 4) is 11.4 Å². The quantitative estimate of drug-likeness (QED) is 0.566. The number of thioether (sulfide) groups is 1. The number of tetrazole rings is 1. The van der Waals surface area contributed by atoms with Crippen molar-refractivity contribution in [2.75, 3.05) is 17.3 Å². The van der Waals surface area contributed by atoms with Crippen molar-refractivity contribution in [2.24, 2.45) is 7.05 Å². The Morgan fingerprint density at radius 3 is 2.42 bits per heavy atom. The van der Waals surface area contributed by atoms with Gasteiger partial charge in [-0.25, -0.2) is 4.68 Å². The van der Waals surface area contributed by atoms with Gasteiger partial charge in [0.2, 0.25) is 5.91 Å². The number of rotatable bonds is 7. The van der Waals surface area contributed by atoms with Crippen molar-refractivity contribution in [3.05, 3.63) is 59.7 Å². The lowest BCUT2D eigenvalue weighted by atomic mass is 10.1. The summed E-state index contributed by atoms with van der Waals surface area (Å²) < 4.78 is 1.53. The highest BCUT2D eigenvalue weighted by atomic mass is 32.2. The maximum absolute atomic E-state index is 13.2. The fraction of sp³-hybridized carbons (Fsp3) is 0.238. The molecule has 0 spiro atoms. The zero-order valence-corrected chi connectivity index (χ0v) is 17.8. The Labute approximate surface area is 182 Å². The van der Waals surface area contributed by atoms with E-state index in [1.165, 1.54) is 4.68 Å². The average Bonchev–Trinajstić information content (AvgIpc) is 3.31. The summed E-state index contributed by atoms with van der Waals surface area (Å²) in [5, 5.41) is 14.3. The fourth-order valence-electron chi connectivity index (χ4n) is 3.53. The van der Waals surface area contributed by atoms with Crippen LogP contribution < -0.4 is 5.32 Å². The third kappa shape index (κ3) is 3.93. The molecule has 0 fully saturated rings. The van der Waals surface area contributed by atoms with Crippen LogP contribution in [0.2, 0.25) is 0 Å². The number of aromatic nitrogens is 4. The Kier molecular flexibility index (Phi) is 5.81. The van der Waals surface area contributed by atoms with Gasteiger partial charge in [-0.1, -0.05) is 24.3 Å². The van der Waals surface area contributed by atoms with Crippen molar-refractivity contribution in [3.63, 3.8) is 0 Å². The Morgan fingerprint density at radius 1 is 1.10 bits per heavy atom. The van der Waals surface area contributed by atoms with Crippen LogP contribution >= 0.6 is 11.8 Å². The van der Waals surface area contributed by atoms with Crippen molar-refractivity contribution in [1.82, 2.24) is 25.1 Å². The molecular formula is C21H20N6O3S. The highest BCUT2D eigenvalue weighted by Gasteiger charge is 2.42. The van der Waals surface area contributed by atoms with E-state index in [1.807, 2.05) is 12.3 Å². The SMILES string of the molecule is CSCCC(C(=O)Nc1cccc(-c2nnnn2C)c1)N1C(=O)c2ccccc2C1=O. The third-order valence-corrected chi connectivity index (χ3v) is 5.69. The van der Waals surface area contributed by atoms with Gasteiger partial charge < -0.3 is 5.32 Å². The average molecular weight is 436 g/mol. The second kappa shape index (κ2) is 8.68. The molecule has 10 heteroatoms. The molecule has 0 aliphatic carbocycles. The van der Waals surface area contributed by atoms with E-state index >= 15 is 0 Å². The summed E-state index contributed by atoms with van der Waals surface area (Å²) >= 11 is 1.55. The van der Waals surface area contributed by atoms with Crippen LogP contribution in [0.3, 0.4) is 0 Å². The molecule has 3 aromatic rings. The van der Waals surface area contributed by atoms with E-state index in [4.69, 9.17) is 0 Å². The second-order valence-corrected chi connectivity index (χ2v) is 8.00. The van der Waals surface area contributed by atoms with Crippen LogP contribution in [0.5, 0.6) is 0 Å². The predicted octanol–water partition coefficient (Wildman–Crippen LogP) is 2.23. The molecule has 0 saturated carbocycles. The molecule has 0 radical (unpaired) electrons. The number of hydrogen-bond donors (Lipinski definition) is 1. The normalized spacial score (nSPS) is 13.9. The summed E-state index contributed by atoms with van der Waals surface area (Å²) in [6.45, 7) is 0. The number of anilines is 1. The van der Waals surface area contributed by atoms with E-state index in [0.29, 0.717) is 34.8 Å². The second-order valence-electron chi connectivity index (χ2n) is 7.02. The third-order valence-electron chi connectivity index (χ3n) is 5.04. The summed E-state index contributed by atoms with van der Waals surface area (Å²) in [6, 6.07) is 12.8. The Bertz CT molecular complexity index is 1130. The molecule has 1 aliphatic heterocycles. The Hall–Kier alpha value is -3.53. The number of carbonyl (C=O) groups excluding carboxylic acids is 3. The number of benzene rings is 2. The smallest absolute Gasteiger partial charge is 0.262 e. The number of aryl methyl sites for hydroxylation is 1. The molecule has 2 aromatic carbocycles. The Balaban J connectivity index is 1.60. The largest absolute Gasteiger partial charge is 0.324 e. The first kappa shape index (κ1) is 20.7. The van der Waals surface area contributed by atoms with Gasteiger partial charge in [-0.2, -0.15) is 11.8 Å². The number of hydrogen-bond acceptors (Lipinski definition) is 7. The molecule has 31 heavy (non-hydrogen) atoms. The zero-order chi connectivity index (χ0) is 22.0. The van der Waals surface area contributed by atoms with Crippen LogP contribution in [-0.4, -0.2) is 60.9 Å². The van der Waals surface area contributed by atoms with Crippen molar-refractivity contribution < 1.29 is 14.4 Å². The van der Waals surface area contributed by atoms with E-state index in [2.05, 4.69) is 20.8 Å². The van der Waals surface area contributed by atoms with Crippen molar-refractivity contribution in [1.29, 1.82) is 0 Å². The molecule has 1 atom stereocenters. The molecule has 0 bridgehead atoms. The van der Waals surface area contributed by atoms with Crippen LogP contribution in [0.1, 0.15) is 27.1 Å². The number of fused-ring (bicyclic) bond motifs is 1. The van der Waals surface area contributed by atoms with Gasteiger partial charge in [0.1, 0.15) is 6.04 Å². The number of nitrogens with zero attached hydrogens (tertiary/aromatic N) is 5. The lowest BCUT2D eigenvalue weighted by molar-refractivity contribution is -0.120. The summed E-state index contributed by atoms with van der Waals surface area (Å²) in [7, 11) is 1.72. The number of imide groups is 1. The van der Waals surface area contributed by atoms with E-state index < -0.39 is 23.8 Å². The Morgan fingerprint density at radius 2 is 1.81 bits per heavy atom. The van der Waals surface area contributed by atoms with Crippen molar-refractivity contribution in [2.45, 2.75) is 12.5 Å². The monoisotopic (exact) mass is 436 g/mol. The van der Waals surface area contributed by atoms with Crippen LogP contribution in [0.4, 0.5) is 5.69 Å². The molecule has 4 rings (SSSR count). The molecule has 9 nitrogen and oxygen atoms in total. The standard InChI is InChI=1S/C21H20N6O3S/c1-26-18(23-24-25-26)13-6-5-7-14(12-13)22-19(28)17(10-11-31-2)27-20(29)15-8-3-4-9-16(15)21(27)30/h3-9,12,17H,10-11H2,1-2H3,(H,22,28). The first-order valence-electron chi connectivity index (χ1n) is 9.60. The minimum atomic E-state index is -0.917. The summed E-state index contributed by atoms with van der Waals surface area (Å²) in [4.78, 5) is 40.1. The van der Waals surface area contributed by atoms with Gasteiger partial charge in [-0.15, -0.1) is 5.10 Å². The van der Waals surface area contributed by atoms with Gasteiger partial charge in [0, 0.05) is 18.3 Å². The van der Waals surface area contributed by atoms with Crippen LogP contribution in [-0.2, 0) is 11.8 Å². The molecule has 1 aromatic heterocycles. The first-order chi connectivity index (χ1) is 15.0. The van der Waals surface area contributed by atoms with E-state index in [-0.39, 0.29) is 0 Å². The highest BCUT2D eigenvalue weighted by Crippen LogP contribution is 2.27. The molecule has 0 saturated heterocycles. The zero-order valence-electron chi connectivity index (χ0n) is 17.0. The molecule has 158 valence electrons. The number of amides is 3. The number of carbonyl (C=O) groups is 3. The number of nitrogens with one attached hydrogen (secondary N) is 1. The van der Waals surface area contributed by atoms with Gasteiger partial charge in [0.25, 0.3) is 11.8 Å². The molecule has 3 amide bonds. The molecule has 1 N–H and O–H groups in total. The van der Waals surface area contributed by atoms with Crippen molar-refractivity contribution >= 4 is 35.2 Å². The summed E-state index contributed by atoms with van der Waals surface area (Å²) in [5.74, 6) is -0.135. The fourth-order valence-corrected chi connectivity index (χ4v) is 3.99. The highest BCUT2D eigenvalue weighted by molar-refractivity contribution is 7.98. The van der Waals surface area contributed by atoms with E-state index in [9.17, 15) is 14.4 Å². The van der Waals surface area contributed by atoms with Crippen LogP contribution in [0.25, 0.3) is 11.4 Å². The van der Waals surface area contributed by atoms with Gasteiger partial charge in [-0.05, 0) is 53.1 Å². The summed E-state index contributed by atoms with van der Waals surface area (Å²) in [5.41, 5.74) is 1.90. The maximum Gasteiger partial charge on any atom is 0.262 e. The molecule has 2 heterocycles. The van der Waals surface area contributed by atoms with E-state index in [1.54, 1.807) is 61.3 Å². The predicted molar refractivity (Wildman–Crippen MR) is 117 cm³/mol. The lowest BCUT2D eigenvalue weighted by Crippen LogP contribution is -2.47. The first-order valence-corrected chi connectivity index (χ1v) is 11.0. The van der Waals surface area contributed by atoms with Gasteiger partial charge in [-0.3, -0.25) is 19.3 Å². The topological polar surface area (TPSA) is 110 Å². The molecular weight excluding hydrogens is 416 g/mol. The lowest BCUT2D eigenvalue weighted by Gasteiger charge is -2.25. The maximum atomic E-state index is 13.2. The van der Waals surface area contributed by atoms with E-state index in [0.717, 1.165) is 10.5 Å². The van der Waals surface area contributed by atoms with Crippen LogP contribution in [0, 0.1) is 0 Å². The van der Waals surface area contributed by atoms with Gasteiger partial charge in [0.05, 0.1) is 11.1 Å². The van der Waals surface area contributed by atoms with Gasteiger partial charge in [0.15, 0.2) is 5.82 Å². The summed E-state index contributed by atoms with van der Waals surface area (Å²) in [6.07, 6.45) is 2.26. The minimum absolute atomic E-state index is 0.325. The van der Waals surface area contributed by atoms with Gasteiger partial charge >= 0.3 is 0 Å². The molecule has 1 unspecified atom stereocenters.